The van der Waals surface area contributed by atoms with Crippen molar-refractivity contribution in [2.75, 3.05) is 27.2 Å². The van der Waals surface area contributed by atoms with Gasteiger partial charge in [0.2, 0.25) is 0 Å². The third-order valence-corrected chi connectivity index (χ3v) is 7.66. The Labute approximate surface area is 245 Å². The molecule has 0 saturated carbocycles. The minimum Gasteiger partial charge on any atom is -0.488 e. The molecule has 2 unspecified atom stereocenters. The first-order valence-electron chi connectivity index (χ1n) is 13.6. The highest BCUT2D eigenvalue weighted by molar-refractivity contribution is 5.53. The highest BCUT2D eigenvalue weighted by Crippen LogP contribution is 2.41. The van der Waals surface area contributed by atoms with Crippen molar-refractivity contribution in [1.82, 2.24) is 10.6 Å². The van der Waals surface area contributed by atoms with Crippen LogP contribution in [0.4, 0.5) is 0 Å². The fourth-order valence-corrected chi connectivity index (χ4v) is 5.71. The van der Waals surface area contributed by atoms with Crippen LogP contribution >= 0.6 is 0 Å². The summed E-state index contributed by atoms with van der Waals surface area (Å²) >= 11 is 0. The molecule has 0 aromatic heterocycles. The lowest BCUT2D eigenvalue weighted by atomic mass is 9.83. The van der Waals surface area contributed by atoms with Crippen LogP contribution in [0.5, 0.6) is 11.5 Å². The Morgan fingerprint density at radius 2 is 1.14 bits per heavy atom. The third-order valence-electron chi connectivity index (χ3n) is 7.66. The van der Waals surface area contributed by atoms with Crippen LogP contribution < -0.4 is 20.1 Å². The van der Waals surface area contributed by atoms with Crippen molar-refractivity contribution in [2.24, 2.45) is 0 Å². The van der Waals surface area contributed by atoms with E-state index in [9.17, 15) is 10.2 Å². The number of aliphatic hydroxyl groups is 2. The molecule has 0 spiro atoms. The summed E-state index contributed by atoms with van der Waals surface area (Å²) in [6.07, 6.45) is 0. The average Bonchev–Trinajstić information content (AvgIpc) is 3.22. The first kappa shape index (κ1) is 28.8. The number of hydrogen-bond donors (Lipinski definition) is 4. The second-order valence-electron chi connectivity index (χ2n) is 10.3. The average molecular weight is 561 g/mol. The molecule has 0 saturated heterocycles. The molecule has 4 N–H and O–H groups in total. The number of nitriles is 2. The molecule has 0 fully saturated rings. The van der Waals surface area contributed by atoms with Gasteiger partial charge in [-0.2, -0.15) is 10.5 Å². The molecule has 2 aliphatic heterocycles. The molecule has 2 atom stereocenters. The summed E-state index contributed by atoms with van der Waals surface area (Å²) in [6.45, 7) is 1.43. The molecule has 42 heavy (non-hydrogen) atoms. The molecule has 6 rings (SSSR count). The zero-order valence-electron chi connectivity index (χ0n) is 23.5. The maximum absolute atomic E-state index is 11.3. The van der Waals surface area contributed by atoms with Gasteiger partial charge in [0.25, 0.3) is 0 Å². The van der Waals surface area contributed by atoms with Gasteiger partial charge in [0.05, 0.1) is 23.3 Å². The summed E-state index contributed by atoms with van der Waals surface area (Å²) in [4.78, 5) is 0. The van der Waals surface area contributed by atoms with Crippen LogP contribution in [-0.2, 0) is 24.4 Å². The molecular weight excluding hydrogens is 528 g/mol. The predicted octanol–water partition coefficient (Wildman–Crippen LogP) is 3.81. The molecule has 8 heteroatoms. The second kappa shape index (κ2) is 12.0. The fraction of sp³-hybridized carbons (Fsp3) is 0.235. The molecule has 4 aromatic rings. The summed E-state index contributed by atoms with van der Waals surface area (Å²) in [5, 5.41) is 46.9. The lowest BCUT2D eigenvalue weighted by molar-refractivity contribution is 0.0811. The summed E-state index contributed by atoms with van der Waals surface area (Å²) in [5.41, 5.74) is 3.39. The van der Waals surface area contributed by atoms with E-state index in [1.165, 1.54) is 0 Å². The van der Waals surface area contributed by atoms with E-state index in [1.54, 1.807) is 38.4 Å². The van der Waals surface area contributed by atoms with Crippen molar-refractivity contribution in [2.45, 2.75) is 24.4 Å². The van der Waals surface area contributed by atoms with Gasteiger partial charge in [-0.3, -0.25) is 0 Å². The second-order valence-corrected chi connectivity index (χ2v) is 10.3. The summed E-state index contributed by atoms with van der Waals surface area (Å²) in [7, 11) is 3.59. The van der Waals surface area contributed by atoms with Gasteiger partial charge in [0.15, 0.2) is 0 Å². The quantitative estimate of drug-likeness (QED) is 0.297. The van der Waals surface area contributed by atoms with Gasteiger partial charge in [-0.25, -0.2) is 0 Å². The molecule has 4 aromatic carbocycles. The minimum absolute atomic E-state index is 0.341. The van der Waals surface area contributed by atoms with Crippen molar-refractivity contribution in [3.05, 3.63) is 129 Å². The molecule has 212 valence electrons. The van der Waals surface area contributed by atoms with Crippen molar-refractivity contribution in [3.8, 4) is 23.6 Å². The van der Waals surface area contributed by atoms with Crippen molar-refractivity contribution < 1.29 is 19.7 Å². The van der Waals surface area contributed by atoms with Crippen LogP contribution in [0.3, 0.4) is 0 Å². The van der Waals surface area contributed by atoms with Crippen molar-refractivity contribution in [3.63, 3.8) is 0 Å². The lowest BCUT2D eigenvalue weighted by Crippen LogP contribution is -2.38. The number of rotatable bonds is 4. The first-order chi connectivity index (χ1) is 20.4. The Morgan fingerprint density at radius 3 is 1.71 bits per heavy atom. The zero-order chi connectivity index (χ0) is 29.7. The van der Waals surface area contributed by atoms with Gasteiger partial charge in [0.1, 0.15) is 35.9 Å². The molecule has 2 aliphatic rings. The fourth-order valence-electron chi connectivity index (χ4n) is 5.71. The van der Waals surface area contributed by atoms with E-state index in [1.807, 2.05) is 60.7 Å². The van der Waals surface area contributed by atoms with Crippen LogP contribution in [0.15, 0.2) is 84.9 Å². The molecular formula is C34H32N4O4. The molecule has 0 aliphatic carbocycles. The maximum atomic E-state index is 11.3. The number of fused-ring (bicyclic) bond motifs is 4. The van der Waals surface area contributed by atoms with E-state index in [0.29, 0.717) is 54.5 Å². The summed E-state index contributed by atoms with van der Waals surface area (Å²) in [6, 6.07) is 29.9. The molecule has 0 bridgehead atoms. The van der Waals surface area contributed by atoms with E-state index < -0.39 is 11.2 Å². The van der Waals surface area contributed by atoms with Gasteiger partial charge in [-0.15, -0.1) is 0 Å². The Kier molecular flexibility index (Phi) is 8.26. The topological polar surface area (TPSA) is 131 Å². The van der Waals surface area contributed by atoms with Crippen LogP contribution in [-0.4, -0.2) is 37.4 Å². The van der Waals surface area contributed by atoms with Crippen LogP contribution in [0.1, 0.15) is 44.5 Å². The molecule has 0 amide bonds. The third kappa shape index (κ3) is 5.21. The largest absolute Gasteiger partial charge is 0.488 e. The van der Waals surface area contributed by atoms with E-state index >= 15 is 0 Å². The van der Waals surface area contributed by atoms with Gasteiger partial charge in [-0.1, -0.05) is 48.5 Å². The minimum atomic E-state index is -1.22. The normalized spacial score (nSPS) is 19.7. The van der Waals surface area contributed by atoms with Gasteiger partial charge >= 0.3 is 0 Å². The van der Waals surface area contributed by atoms with Crippen LogP contribution in [0.2, 0.25) is 0 Å². The number of benzene rings is 4. The van der Waals surface area contributed by atoms with E-state index in [4.69, 9.17) is 20.0 Å². The van der Waals surface area contributed by atoms with Crippen molar-refractivity contribution in [1.29, 1.82) is 10.5 Å². The van der Waals surface area contributed by atoms with Crippen LogP contribution in [0.25, 0.3) is 0 Å². The standard InChI is InChI=1S/2C17H16N2O2/c1-19-11-17(20)14-7-6-12(9-18)8-13(14)10-21-16-5-3-2-4-15(16)17;1-19-11-17(20)14-4-2-3-5-16(14)21-10-13-7-6-12(9-18)8-15(13)17/h2*2-8,19-20H,10-11H2,1H3. The highest BCUT2D eigenvalue weighted by Gasteiger charge is 2.39. The summed E-state index contributed by atoms with van der Waals surface area (Å²) in [5.74, 6) is 1.34. The Balaban J connectivity index is 0.000000168. The maximum Gasteiger partial charge on any atom is 0.131 e. The number of nitrogens with zero attached hydrogens (tertiary/aromatic N) is 2. The van der Waals surface area contributed by atoms with Gasteiger partial charge < -0.3 is 30.3 Å². The van der Waals surface area contributed by atoms with E-state index in [2.05, 4.69) is 22.8 Å². The molecule has 0 radical (unpaired) electrons. The van der Waals surface area contributed by atoms with Gasteiger partial charge in [-0.05, 0) is 72.7 Å². The van der Waals surface area contributed by atoms with Gasteiger partial charge in [0, 0.05) is 24.2 Å². The SMILES string of the molecule is CNCC1(O)c2cc(C#N)ccc2COc2ccccc21.CNCC1(O)c2ccc(C#N)cc2COc2ccccc21. The molecule has 2 heterocycles. The number of hydrogen-bond acceptors (Lipinski definition) is 8. The molecule has 8 nitrogen and oxygen atoms in total. The van der Waals surface area contributed by atoms with Crippen molar-refractivity contribution >= 4 is 0 Å². The monoisotopic (exact) mass is 560 g/mol. The lowest BCUT2D eigenvalue weighted by Gasteiger charge is -2.29. The summed E-state index contributed by atoms with van der Waals surface area (Å²) < 4.78 is 11.6. The highest BCUT2D eigenvalue weighted by atomic mass is 16.5. The Morgan fingerprint density at radius 1 is 0.643 bits per heavy atom. The first-order valence-corrected chi connectivity index (χ1v) is 13.6. The predicted molar refractivity (Wildman–Crippen MR) is 158 cm³/mol. The van der Waals surface area contributed by atoms with E-state index in [0.717, 1.165) is 27.8 Å². The Hall–Kier alpha value is -4.70. The smallest absolute Gasteiger partial charge is 0.131 e. The Bertz CT molecular complexity index is 1690. The number of para-hydroxylation sites is 2. The van der Waals surface area contributed by atoms with Crippen LogP contribution in [0, 0.1) is 22.7 Å². The van der Waals surface area contributed by atoms with E-state index in [-0.39, 0.29) is 0 Å². The number of likely N-dealkylation sites (N-methyl/N-ethyl adjacent to an activating group) is 2. The zero-order valence-corrected chi connectivity index (χ0v) is 23.5. The number of ether oxygens (including phenoxy) is 2. The number of nitrogens with one attached hydrogen (secondary N) is 2.